The molecule has 0 atom stereocenters. The first-order valence-electron chi connectivity index (χ1n) is 11.5. The summed E-state index contributed by atoms with van der Waals surface area (Å²) in [6, 6.07) is 9.80. The van der Waals surface area contributed by atoms with Crippen LogP contribution >= 0.6 is 0 Å². The minimum atomic E-state index is -1.46. The largest absolute Gasteiger partial charge is 0.212 e. The molecule has 2 heteroatoms. The van der Waals surface area contributed by atoms with Crippen molar-refractivity contribution < 1.29 is 4.57 Å². The Kier molecular flexibility index (Phi) is 5.90. The van der Waals surface area contributed by atoms with E-state index in [0.717, 1.165) is 0 Å². The molecule has 0 N–H and O–H groups in total. The topological polar surface area (TPSA) is 3.88 Å². The van der Waals surface area contributed by atoms with Crippen LogP contribution in [0.2, 0.25) is 19.6 Å². The van der Waals surface area contributed by atoms with Gasteiger partial charge in [-0.25, -0.2) is 4.57 Å². The predicted molar refractivity (Wildman–Crippen MR) is 130 cm³/mol. The molecule has 1 fully saturated rings. The predicted octanol–water partition coefficient (Wildman–Crippen LogP) is 6.55. The number of nitrogens with zero attached hydrogens (tertiary/aromatic N) is 1. The van der Waals surface area contributed by atoms with Gasteiger partial charge in [-0.3, -0.25) is 0 Å². The molecule has 0 radical (unpaired) electrons. The molecule has 29 heavy (non-hydrogen) atoms. The van der Waals surface area contributed by atoms with Crippen molar-refractivity contribution in [3.63, 3.8) is 0 Å². The Hall–Kier alpha value is -1.41. The number of aromatic nitrogens is 1. The number of pyridine rings is 1. The number of benzene rings is 1. The van der Waals surface area contributed by atoms with Crippen LogP contribution in [0.1, 0.15) is 76.5 Å². The first-order valence-corrected chi connectivity index (χ1v) is 15.0. The lowest BCUT2D eigenvalue weighted by Gasteiger charge is -2.34. The Bertz CT molecular complexity index is 890. The lowest BCUT2D eigenvalue weighted by Crippen LogP contribution is -2.47. The van der Waals surface area contributed by atoms with E-state index in [4.69, 9.17) is 0 Å². The van der Waals surface area contributed by atoms with E-state index in [0.29, 0.717) is 5.41 Å². The molecule has 1 saturated carbocycles. The summed E-state index contributed by atoms with van der Waals surface area (Å²) in [6.07, 6.45) is 9.22. The molecule has 1 heterocycles. The summed E-state index contributed by atoms with van der Waals surface area (Å²) in [5.74, 6) is 0. The maximum Gasteiger partial charge on any atom is 0.212 e. The van der Waals surface area contributed by atoms with E-state index in [2.05, 4.69) is 96.3 Å². The zero-order chi connectivity index (χ0) is 21.6. The summed E-state index contributed by atoms with van der Waals surface area (Å²) in [5.41, 5.74) is 7.73. The van der Waals surface area contributed by atoms with Crippen LogP contribution in [-0.4, -0.2) is 8.07 Å². The second kappa shape index (κ2) is 7.69. The van der Waals surface area contributed by atoms with Crippen LogP contribution in [0.25, 0.3) is 11.3 Å². The lowest BCUT2D eigenvalue weighted by molar-refractivity contribution is -0.660. The normalized spacial score (nSPS) is 17.4. The Balaban J connectivity index is 2.11. The van der Waals surface area contributed by atoms with Crippen LogP contribution < -0.4 is 9.75 Å². The van der Waals surface area contributed by atoms with Gasteiger partial charge in [0.15, 0.2) is 6.20 Å². The maximum atomic E-state index is 2.51. The SMILES string of the molecule is Cc1cc(C2(C)CCCCC2)ccc1-c1cc([Si](C)(C)C)c(C(C)(C)C)c[n+]1C. The fourth-order valence-corrected chi connectivity index (χ4v) is 6.90. The van der Waals surface area contributed by atoms with Gasteiger partial charge in [0.1, 0.15) is 7.05 Å². The molecule has 0 spiro atoms. The van der Waals surface area contributed by atoms with Crippen molar-refractivity contribution >= 4 is 13.3 Å². The van der Waals surface area contributed by atoms with E-state index in [1.807, 2.05) is 0 Å². The highest BCUT2D eigenvalue weighted by Gasteiger charge is 2.32. The number of aryl methyl sites for hydroxylation is 2. The van der Waals surface area contributed by atoms with Crippen molar-refractivity contribution in [2.45, 2.75) is 97.2 Å². The van der Waals surface area contributed by atoms with Crippen molar-refractivity contribution in [1.29, 1.82) is 0 Å². The van der Waals surface area contributed by atoms with Gasteiger partial charge >= 0.3 is 0 Å². The minimum Gasteiger partial charge on any atom is -0.201 e. The van der Waals surface area contributed by atoms with Gasteiger partial charge in [0.25, 0.3) is 0 Å². The van der Waals surface area contributed by atoms with Crippen molar-refractivity contribution in [1.82, 2.24) is 0 Å². The molecule has 1 aliphatic rings. The molecule has 0 bridgehead atoms. The van der Waals surface area contributed by atoms with E-state index in [9.17, 15) is 0 Å². The fourth-order valence-electron chi connectivity index (χ4n) is 5.08. The van der Waals surface area contributed by atoms with Gasteiger partial charge in [-0.1, -0.05) is 78.7 Å². The molecule has 1 aromatic heterocycles. The summed E-state index contributed by atoms with van der Waals surface area (Å²) < 4.78 is 2.36. The number of rotatable bonds is 3. The third kappa shape index (κ3) is 4.53. The van der Waals surface area contributed by atoms with E-state index in [1.165, 1.54) is 60.1 Å². The first kappa shape index (κ1) is 22.3. The van der Waals surface area contributed by atoms with E-state index in [1.54, 1.807) is 5.19 Å². The second-order valence-corrected chi connectivity index (χ2v) is 16.8. The molecular formula is C27H42NSi+. The zero-order valence-corrected chi connectivity index (χ0v) is 21.4. The van der Waals surface area contributed by atoms with Gasteiger partial charge in [-0.15, -0.1) is 0 Å². The van der Waals surface area contributed by atoms with Crippen molar-refractivity contribution in [2.24, 2.45) is 7.05 Å². The Morgan fingerprint density at radius 1 is 0.966 bits per heavy atom. The molecular weight excluding hydrogens is 366 g/mol. The fraction of sp³-hybridized carbons (Fsp3) is 0.593. The standard InChI is InChI=1S/C27H42NSi/c1-20-17-21(27(5)15-11-10-12-16-27)13-14-22(20)24-18-25(29(7,8)9)23(19-28(24)6)26(2,3)4/h13-14,17-19H,10-12,15-16H2,1-9H3/q+1. The zero-order valence-electron chi connectivity index (χ0n) is 20.4. The Morgan fingerprint density at radius 2 is 1.59 bits per heavy atom. The monoisotopic (exact) mass is 408 g/mol. The van der Waals surface area contributed by atoms with E-state index in [-0.39, 0.29) is 5.41 Å². The molecule has 1 nitrogen and oxygen atoms in total. The van der Waals surface area contributed by atoms with Crippen LogP contribution in [-0.2, 0) is 17.9 Å². The molecule has 0 aliphatic heterocycles. The van der Waals surface area contributed by atoms with Crippen LogP contribution in [0.15, 0.2) is 30.5 Å². The maximum absolute atomic E-state index is 2.51. The summed E-state index contributed by atoms with van der Waals surface area (Å²) in [5, 5.41) is 1.60. The smallest absolute Gasteiger partial charge is 0.201 e. The van der Waals surface area contributed by atoms with Gasteiger partial charge in [0, 0.05) is 17.2 Å². The molecule has 0 amide bonds. The molecule has 1 aromatic carbocycles. The Labute approximate surface area is 180 Å². The molecule has 0 unspecified atom stereocenters. The third-order valence-corrected chi connectivity index (χ3v) is 9.08. The molecule has 2 aromatic rings. The molecule has 0 saturated heterocycles. The van der Waals surface area contributed by atoms with Crippen molar-refractivity contribution in [3.8, 4) is 11.3 Å². The minimum absolute atomic E-state index is 0.167. The van der Waals surface area contributed by atoms with Crippen LogP contribution in [0.3, 0.4) is 0 Å². The van der Waals surface area contributed by atoms with E-state index < -0.39 is 8.07 Å². The summed E-state index contributed by atoms with van der Waals surface area (Å²) in [6.45, 7) is 19.2. The molecule has 158 valence electrons. The van der Waals surface area contributed by atoms with Gasteiger partial charge in [-0.2, -0.15) is 0 Å². The lowest BCUT2D eigenvalue weighted by atomic mass is 9.70. The summed E-state index contributed by atoms with van der Waals surface area (Å²) in [7, 11) is 0.761. The highest BCUT2D eigenvalue weighted by molar-refractivity contribution is 6.89. The average Bonchev–Trinajstić information content (AvgIpc) is 2.60. The number of hydrogen-bond acceptors (Lipinski definition) is 0. The van der Waals surface area contributed by atoms with Crippen molar-refractivity contribution in [3.05, 3.63) is 47.2 Å². The van der Waals surface area contributed by atoms with E-state index >= 15 is 0 Å². The van der Waals surface area contributed by atoms with Crippen LogP contribution in [0, 0.1) is 6.92 Å². The highest BCUT2D eigenvalue weighted by Crippen LogP contribution is 2.40. The van der Waals surface area contributed by atoms with Gasteiger partial charge in [0.05, 0.1) is 8.07 Å². The summed E-state index contributed by atoms with van der Waals surface area (Å²) >= 11 is 0. The molecule has 3 rings (SSSR count). The molecule has 1 aliphatic carbocycles. The van der Waals surface area contributed by atoms with Crippen LogP contribution in [0.5, 0.6) is 0 Å². The second-order valence-electron chi connectivity index (χ2n) is 11.7. The third-order valence-electron chi connectivity index (χ3n) is 7.05. The average molecular weight is 409 g/mol. The first-order chi connectivity index (χ1) is 13.3. The number of hydrogen-bond donors (Lipinski definition) is 0. The van der Waals surface area contributed by atoms with Crippen LogP contribution in [0.4, 0.5) is 0 Å². The van der Waals surface area contributed by atoms with Gasteiger partial charge in [-0.05, 0) is 53.0 Å². The van der Waals surface area contributed by atoms with Crippen molar-refractivity contribution in [2.75, 3.05) is 0 Å². The van der Waals surface area contributed by atoms with Gasteiger partial charge < -0.3 is 0 Å². The Morgan fingerprint density at radius 3 is 2.10 bits per heavy atom. The highest BCUT2D eigenvalue weighted by atomic mass is 28.3. The summed E-state index contributed by atoms with van der Waals surface area (Å²) in [4.78, 5) is 0. The quantitative estimate of drug-likeness (QED) is 0.400. The van der Waals surface area contributed by atoms with Gasteiger partial charge in [0.2, 0.25) is 5.69 Å².